The van der Waals surface area contributed by atoms with E-state index in [9.17, 15) is 4.79 Å². The molecule has 0 fully saturated rings. The summed E-state index contributed by atoms with van der Waals surface area (Å²) < 4.78 is 5.57. The molecule has 10 nitrogen and oxygen atoms in total. The summed E-state index contributed by atoms with van der Waals surface area (Å²) in [6.45, 7) is 13.6. The standard InChI is InChI=1S/C25H38N8O2S/c1-14-11-29-17(15(2)20(14)35-6)12-33-21-19-16(32-33)10-18(36-23(19)31-24(26)30-21)22(34)28-9-7-8-27-13-25(3,4)5/h11,16,18,27,32H,7-10,12-13H2,1-6H3,(H,28,34)(H2,26,30,31). The Morgan fingerprint density at radius 1 is 1.31 bits per heavy atom. The Morgan fingerprint density at radius 3 is 2.81 bits per heavy atom. The zero-order valence-electron chi connectivity index (χ0n) is 22.1. The lowest BCUT2D eigenvalue weighted by molar-refractivity contribution is -0.120. The zero-order chi connectivity index (χ0) is 26.0. The molecule has 2 atom stereocenters. The fourth-order valence-electron chi connectivity index (χ4n) is 4.60. The van der Waals surface area contributed by atoms with Crippen molar-refractivity contribution >= 4 is 29.4 Å². The average molecular weight is 515 g/mol. The van der Waals surface area contributed by atoms with E-state index in [1.54, 1.807) is 7.11 Å². The van der Waals surface area contributed by atoms with Crippen LogP contribution >= 0.6 is 11.8 Å². The summed E-state index contributed by atoms with van der Waals surface area (Å²) in [5, 5.41) is 9.02. The Bertz CT molecular complexity index is 1120. The summed E-state index contributed by atoms with van der Waals surface area (Å²) in [7, 11) is 1.67. The van der Waals surface area contributed by atoms with Gasteiger partial charge in [-0.15, -0.1) is 0 Å². The molecule has 2 aromatic rings. The maximum Gasteiger partial charge on any atom is 0.233 e. The molecular formula is C25H38N8O2S. The third-order valence-corrected chi connectivity index (χ3v) is 7.59. The number of thioether (sulfide) groups is 1. The number of nitrogens with two attached hydrogens (primary N) is 1. The lowest BCUT2D eigenvalue weighted by Crippen LogP contribution is -2.40. The SMILES string of the molecule is COc1c(C)cnc(CN2NC3CC(C(=O)NCCCNCC(C)(C)C)Sc4nc(N)nc2c43)c1C. The molecule has 36 heavy (non-hydrogen) atoms. The van der Waals surface area contributed by atoms with Crippen molar-refractivity contribution in [2.24, 2.45) is 5.41 Å². The van der Waals surface area contributed by atoms with Crippen molar-refractivity contribution in [3.05, 3.63) is 28.6 Å². The average Bonchev–Trinajstić information content (AvgIpc) is 3.15. The maximum absolute atomic E-state index is 13.0. The molecule has 0 aliphatic carbocycles. The smallest absolute Gasteiger partial charge is 0.233 e. The van der Waals surface area contributed by atoms with Crippen LogP contribution in [-0.4, -0.2) is 52.9 Å². The molecule has 2 unspecified atom stereocenters. The van der Waals surface area contributed by atoms with Crippen LogP contribution in [0.15, 0.2) is 11.2 Å². The van der Waals surface area contributed by atoms with Gasteiger partial charge in [-0.05, 0) is 45.2 Å². The summed E-state index contributed by atoms with van der Waals surface area (Å²) in [4.78, 5) is 26.6. The molecular weight excluding hydrogens is 476 g/mol. The molecule has 0 radical (unpaired) electrons. The summed E-state index contributed by atoms with van der Waals surface area (Å²) in [5.74, 6) is 1.81. The van der Waals surface area contributed by atoms with Crippen LogP contribution in [0.1, 0.15) is 62.0 Å². The summed E-state index contributed by atoms with van der Waals surface area (Å²) >= 11 is 1.47. The molecule has 0 spiro atoms. The van der Waals surface area contributed by atoms with E-state index in [-0.39, 0.29) is 28.6 Å². The van der Waals surface area contributed by atoms with Crippen molar-refractivity contribution in [3.8, 4) is 5.75 Å². The van der Waals surface area contributed by atoms with E-state index in [1.165, 1.54) is 11.8 Å². The third-order valence-electron chi connectivity index (χ3n) is 6.36. The molecule has 0 bridgehead atoms. The summed E-state index contributed by atoms with van der Waals surface area (Å²) in [5.41, 5.74) is 13.7. The molecule has 0 aromatic carbocycles. The van der Waals surface area contributed by atoms with Crippen LogP contribution in [0.5, 0.6) is 5.75 Å². The van der Waals surface area contributed by atoms with E-state index in [1.807, 2.05) is 25.1 Å². The lowest BCUT2D eigenvalue weighted by atomic mass is 9.97. The maximum atomic E-state index is 13.0. The van der Waals surface area contributed by atoms with Gasteiger partial charge in [0.25, 0.3) is 0 Å². The van der Waals surface area contributed by atoms with Crippen LogP contribution in [-0.2, 0) is 11.3 Å². The van der Waals surface area contributed by atoms with Gasteiger partial charge in [0.1, 0.15) is 10.8 Å². The number of hydrogen-bond donors (Lipinski definition) is 4. The van der Waals surface area contributed by atoms with E-state index in [0.717, 1.165) is 58.5 Å². The number of nitrogen functional groups attached to an aromatic ring is 1. The third kappa shape index (κ3) is 5.84. The molecule has 2 aromatic heterocycles. The minimum atomic E-state index is -0.251. The fourth-order valence-corrected chi connectivity index (χ4v) is 5.85. The van der Waals surface area contributed by atoms with E-state index in [4.69, 9.17) is 10.5 Å². The number of methoxy groups -OCH3 is 1. The van der Waals surface area contributed by atoms with Crippen molar-refractivity contribution in [1.29, 1.82) is 0 Å². The molecule has 2 aliphatic heterocycles. The van der Waals surface area contributed by atoms with Gasteiger partial charge < -0.3 is 21.1 Å². The van der Waals surface area contributed by atoms with Crippen molar-refractivity contribution < 1.29 is 9.53 Å². The number of hydrogen-bond acceptors (Lipinski definition) is 10. The Kier molecular flexibility index (Phi) is 7.91. The summed E-state index contributed by atoms with van der Waals surface area (Å²) in [6.07, 6.45) is 3.35. The van der Waals surface area contributed by atoms with Crippen LogP contribution in [0.3, 0.4) is 0 Å². The number of hydrazine groups is 1. The number of ether oxygens (including phenoxy) is 1. The predicted molar refractivity (Wildman–Crippen MR) is 143 cm³/mol. The Labute approximate surface area is 217 Å². The van der Waals surface area contributed by atoms with Gasteiger partial charge in [0.2, 0.25) is 11.9 Å². The van der Waals surface area contributed by atoms with Crippen molar-refractivity contribution in [3.63, 3.8) is 0 Å². The minimum Gasteiger partial charge on any atom is -0.496 e. The second-order valence-corrected chi connectivity index (χ2v) is 11.9. The molecule has 2 aliphatic rings. The van der Waals surface area contributed by atoms with Gasteiger partial charge in [-0.1, -0.05) is 32.5 Å². The van der Waals surface area contributed by atoms with Gasteiger partial charge in [0, 0.05) is 29.4 Å². The zero-order valence-corrected chi connectivity index (χ0v) is 22.9. The number of pyridine rings is 1. The first-order valence-corrected chi connectivity index (χ1v) is 13.3. The van der Waals surface area contributed by atoms with Crippen LogP contribution < -0.4 is 31.5 Å². The predicted octanol–water partition coefficient (Wildman–Crippen LogP) is 2.65. The minimum absolute atomic E-state index is 0.0289. The van der Waals surface area contributed by atoms with Crippen LogP contribution in [0.4, 0.5) is 11.8 Å². The lowest BCUT2D eigenvalue weighted by Gasteiger charge is -2.26. The van der Waals surface area contributed by atoms with E-state index in [0.29, 0.717) is 19.5 Å². The second kappa shape index (κ2) is 10.8. The second-order valence-electron chi connectivity index (χ2n) is 10.7. The van der Waals surface area contributed by atoms with Crippen molar-refractivity contribution in [2.75, 3.05) is 37.5 Å². The summed E-state index contributed by atoms with van der Waals surface area (Å²) in [6, 6.07) is -0.0614. The number of amides is 1. The van der Waals surface area contributed by atoms with Gasteiger partial charge in [-0.3, -0.25) is 14.8 Å². The van der Waals surface area contributed by atoms with Gasteiger partial charge in [-0.2, -0.15) is 4.98 Å². The highest BCUT2D eigenvalue weighted by molar-refractivity contribution is 8.00. The molecule has 1 amide bonds. The highest BCUT2D eigenvalue weighted by Crippen LogP contribution is 2.47. The molecule has 4 rings (SSSR count). The van der Waals surface area contributed by atoms with E-state index < -0.39 is 0 Å². The Hall–Kier alpha value is -2.63. The van der Waals surface area contributed by atoms with Crippen LogP contribution in [0, 0.1) is 19.3 Å². The Balaban J connectivity index is 1.41. The van der Waals surface area contributed by atoms with Gasteiger partial charge >= 0.3 is 0 Å². The van der Waals surface area contributed by atoms with Crippen molar-refractivity contribution in [1.82, 2.24) is 31.0 Å². The molecule has 11 heteroatoms. The van der Waals surface area contributed by atoms with Gasteiger partial charge in [0.15, 0.2) is 5.82 Å². The fraction of sp³-hybridized carbons (Fsp3) is 0.600. The number of aromatic nitrogens is 3. The number of anilines is 2. The largest absolute Gasteiger partial charge is 0.496 e. The highest BCUT2D eigenvalue weighted by atomic mass is 32.2. The molecule has 0 saturated carbocycles. The first-order chi connectivity index (χ1) is 17.1. The highest BCUT2D eigenvalue weighted by Gasteiger charge is 2.41. The number of carbonyl (C=O) groups is 1. The van der Waals surface area contributed by atoms with Crippen molar-refractivity contribution in [2.45, 2.75) is 70.3 Å². The first kappa shape index (κ1) is 26.4. The molecule has 5 N–H and O–H groups in total. The first-order valence-electron chi connectivity index (χ1n) is 12.4. The number of carbonyl (C=O) groups excluding carboxylic acids is 1. The van der Waals surface area contributed by atoms with Gasteiger partial charge in [-0.25, -0.2) is 10.4 Å². The number of nitrogens with one attached hydrogen (secondary N) is 3. The number of rotatable bonds is 9. The molecule has 196 valence electrons. The monoisotopic (exact) mass is 514 g/mol. The molecule has 4 heterocycles. The number of nitrogens with zero attached hydrogens (tertiary/aromatic N) is 4. The topological polar surface area (TPSA) is 130 Å². The quantitative estimate of drug-likeness (QED) is 0.293. The molecule has 0 saturated heterocycles. The van der Waals surface area contributed by atoms with Crippen LogP contribution in [0.2, 0.25) is 0 Å². The number of aryl methyl sites for hydroxylation is 1. The van der Waals surface area contributed by atoms with Gasteiger partial charge in [0.05, 0.1) is 30.6 Å². The van der Waals surface area contributed by atoms with E-state index in [2.05, 4.69) is 51.8 Å². The Morgan fingerprint density at radius 2 is 2.08 bits per heavy atom. The van der Waals surface area contributed by atoms with Crippen LogP contribution in [0.25, 0.3) is 0 Å². The normalized spacial score (nSPS) is 18.8. The van der Waals surface area contributed by atoms with E-state index >= 15 is 0 Å².